The van der Waals surface area contributed by atoms with Gasteiger partial charge < -0.3 is 0 Å². The Kier molecular flexibility index (Phi) is 5.25. The maximum atomic E-state index is 4.57. The Balaban J connectivity index is 1.61. The second kappa shape index (κ2) is 7.80. The number of aromatic nitrogens is 3. The first kappa shape index (κ1) is 18.2. The summed E-state index contributed by atoms with van der Waals surface area (Å²) < 4.78 is 2.10. The molecule has 0 radical (unpaired) electrons. The van der Waals surface area contributed by atoms with E-state index < -0.39 is 0 Å². The van der Waals surface area contributed by atoms with Crippen molar-refractivity contribution in [1.82, 2.24) is 14.6 Å². The van der Waals surface area contributed by atoms with Crippen LogP contribution in [0, 0.1) is 0 Å². The van der Waals surface area contributed by atoms with Gasteiger partial charge in [-0.25, -0.2) is 0 Å². The highest BCUT2D eigenvalue weighted by molar-refractivity contribution is 7.99. The van der Waals surface area contributed by atoms with Gasteiger partial charge >= 0.3 is 0 Å². The smallest absolute Gasteiger partial charge is 0.160 e. The molecule has 2 atom stereocenters. The molecule has 2 aromatic heterocycles. The van der Waals surface area contributed by atoms with Crippen molar-refractivity contribution < 1.29 is 0 Å². The van der Waals surface area contributed by atoms with Crippen LogP contribution in [-0.2, 0) is 0 Å². The van der Waals surface area contributed by atoms with Crippen LogP contribution in [0.3, 0.4) is 0 Å². The molecular weight excluding hydrogens is 354 g/mol. The lowest BCUT2D eigenvalue weighted by atomic mass is 9.99. The lowest BCUT2D eigenvalue weighted by molar-refractivity contribution is 0.576. The Hall–Kier alpha value is -2.21. The van der Waals surface area contributed by atoms with Crippen LogP contribution in [-0.4, -0.2) is 20.6 Å². The van der Waals surface area contributed by atoms with Gasteiger partial charge in [0.25, 0.3) is 0 Å². The maximum absolute atomic E-state index is 4.57. The van der Waals surface area contributed by atoms with Crippen LogP contribution in [0.4, 0.5) is 0 Å². The van der Waals surface area contributed by atoms with Crippen LogP contribution in [0.1, 0.15) is 63.4 Å². The van der Waals surface area contributed by atoms with Gasteiger partial charge in [-0.15, -0.1) is 10.2 Å². The Labute approximate surface area is 164 Å². The van der Waals surface area contributed by atoms with Gasteiger partial charge in [0.15, 0.2) is 5.65 Å². The van der Waals surface area contributed by atoms with Gasteiger partial charge in [0, 0.05) is 21.9 Å². The van der Waals surface area contributed by atoms with Crippen molar-refractivity contribution in [2.45, 2.75) is 67.8 Å². The van der Waals surface area contributed by atoms with Crippen molar-refractivity contribution in [2.75, 3.05) is 0 Å². The van der Waals surface area contributed by atoms with E-state index >= 15 is 0 Å². The van der Waals surface area contributed by atoms with Gasteiger partial charge in [0.1, 0.15) is 5.82 Å². The first-order chi connectivity index (χ1) is 13.2. The second-order valence-electron chi connectivity index (χ2n) is 7.37. The molecule has 0 saturated carbocycles. The Morgan fingerprint density at radius 2 is 1.96 bits per heavy atom. The number of rotatable bonds is 6. The van der Waals surface area contributed by atoms with Crippen molar-refractivity contribution in [2.24, 2.45) is 10.2 Å². The number of nitrogens with zero attached hydrogens (tertiary/aromatic N) is 5. The molecule has 5 nitrogen and oxygen atoms in total. The highest BCUT2D eigenvalue weighted by Gasteiger charge is 2.25. The first-order valence-electron chi connectivity index (χ1n) is 9.67. The summed E-state index contributed by atoms with van der Waals surface area (Å²) in [6.07, 6.45) is 5.44. The number of azo groups is 1. The summed E-state index contributed by atoms with van der Waals surface area (Å²) in [5.74, 6) is 1.33. The van der Waals surface area contributed by atoms with Crippen LogP contribution in [0.2, 0.25) is 0 Å². The molecular formula is C21H25N5S. The lowest BCUT2D eigenvalue weighted by Crippen LogP contribution is -2.03. The average Bonchev–Trinajstić information content (AvgIpc) is 3.29. The second-order valence-corrected chi connectivity index (χ2v) is 8.49. The number of hydrogen-bond donors (Lipinski definition) is 0. The highest BCUT2D eigenvalue weighted by Crippen LogP contribution is 2.39. The van der Waals surface area contributed by atoms with Gasteiger partial charge in [-0.05, 0) is 36.6 Å². The normalized spacial score (nSPS) is 19.4. The Morgan fingerprint density at radius 1 is 1.11 bits per heavy atom. The van der Waals surface area contributed by atoms with Crippen molar-refractivity contribution in [3.05, 3.63) is 54.0 Å². The third kappa shape index (κ3) is 3.76. The molecule has 1 aliphatic rings. The molecule has 0 aliphatic carbocycles. The fourth-order valence-corrected chi connectivity index (χ4v) is 4.56. The zero-order chi connectivity index (χ0) is 18.8. The Morgan fingerprint density at radius 3 is 2.78 bits per heavy atom. The number of pyridine rings is 1. The summed E-state index contributed by atoms with van der Waals surface area (Å²) in [6, 6.07) is 13.3. The van der Waals surface area contributed by atoms with Gasteiger partial charge in [-0.3, -0.25) is 4.40 Å². The van der Waals surface area contributed by atoms with Gasteiger partial charge in [0.05, 0.1) is 12.1 Å². The molecule has 3 aromatic rings. The molecule has 1 aliphatic heterocycles. The van der Waals surface area contributed by atoms with E-state index in [1.165, 1.54) is 15.4 Å². The molecule has 0 spiro atoms. The average molecular weight is 380 g/mol. The van der Waals surface area contributed by atoms with Gasteiger partial charge in [0.2, 0.25) is 0 Å². The minimum Gasteiger partial charge on any atom is -0.285 e. The van der Waals surface area contributed by atoms with Crippen molar-refractivity contribution in [3.8, 4) is 0 Å². The summed E-state index contributed by atoms with van der Waals surface area (Å²) in [5.41, 5.74) is 2.17. The van der Waals surface area contributed by atoms with Gasteiger partial charge in [-0.1, -0.05) is 57.2 Å². The van der Waals surface area contributed by atoms with Crippen molar-refractivity contribution >= 4 is 17.4 Å². The molecule has 27 heavy (non-hydrogen) atoms. The van der Waals surface area contributed by atoms with E-state index in [9.17, 15) is 0 Å². The van der Waals surface area contributed by atoms with Crippen LogP contribution in [0.25, 0.3) is 5.65 Å². The zero-order valence-corrected chi connectivity index (χ0v) is 16.9. The van der Waals surface area contributed by atoms with Crippen LogP contribution in [0.15, 0.2) is 62.6 Å². The van der Waals surface area contributed by atoms with E-state index in [4.69, 9.17) is 0 Å². The van der Waals surface area contributed by atoms with E-state index in [2.05, 4.69) is 82.1 Å². The number of benzene rings is 1. The van der Waals surface area contributed by atoms with E-state index in [1.54, 1.807) is 11.8 Å². The molecule has 0 amide bonds. The molecule has 0 N–H and O–H groups in total. The molecule has 0 bridgehead atoms. The molecule has 0 saturated heterocycles. The van der Waals surface area contributed by atoms with Crippen molar-refractivity contribution in [3.63, 3.8) is 0 Å². The molecule has 4 rings (SSSR count). The third-order valence-corrected chi connectivity index (χ3v) is 5.98. The predicted octanol–water partition coefficient (Wildman–Crippen LogP) is 6.07. The molecule has 1 aromatic carbocycles. The van der Waals surface area contributed by atoms with Crippen molar-refractivity contribution in [1.29, 1.82) is 0 Å². The minimum atomic E-state index is 0.176. The third-order valence-electron chi connectivity index (χ3n) is 4.91. The van der Waals surface area contributed by atoms with E-state index in [0.29, 0.717) is 12.0 Å². The monoisotopic (exact) mass is 379 g/mol. The first-order valence-corrected chi connectivity index (χ1v) is 10.5. The molecule has 0 fully saturated rings. The van der Waals surface area contributed by atoms with E-state index in [-0.39, 0.29) is 6.04 Å². The quantitative estimate of drug-likeness (QED) is 0.522. The summed E-state index contributed by atoms with van der Waals surface area (Å²) in [6.45, 7) is 6.49. The van der Waals surface area contributed by atoms with Crippen LogP contribution >= 0.6 is 11.8 Å². The highest BCUT2D eigenvalue weighted by atomic mass is 32.2. The molecule has 3 heterocycles. The van der Waals surface area contributed by atoms with E-state index in [0.717, 1.165) is 30.7 Å². The predicted molar refractivity (Wildman–Crippen MR) is 109 cm³/mol. The minimum absolute atomic E-state index is 0.176. The summed E-state index contributed by atoms with van der Waals surface area (Å²) in [7, 11) is 0. The maximum Gasteiger partial charge on any atom is 0.160 e. The SMILES string of the molecule is CCCC1CC(c2ccccc2Sc2ccc3nnc(C(C)C)n3c2)N=N1. The van der Waals surface area contributed by atoms with Crippen LogP contribution in [0.5, 0.6) is 0 Å². The molecule has 140 valence electrons. The zero-order valence-electron chi connectivity index (χ0n) is 16.0. The fourth-order valence-electron chi connectivity index (χ4n) is 3.54. The summed E-state index contributed by atoms with van der Waals surface area (Å²) in [5, 5.41) is 17.7. The topological polar surface area (TPSA) is 54.9 Å². The lowest BCUT2D eigenvalue weighted by Gasteiger charge is -2.13. The van der Waals surface area contributed by atoms with Crippen LogP contribution < -0.4 is 0 Å². The molecule has 6 heteroatoms. The number of hydrogen-bond acceptors (Lipinski definition) is 5. The Bertz CT molecular complexity index is 962. The van der Waals surface area contributed by atoms with E-state index in [1.807, 2.05) is 6.07 Å². The summed E-state index contributed by atoms with van der Waals surface area (Å²) in [4.78, 5) is 2.42. The standard InChI is InChI=1S/C21H25N5S/c1-4-7-15-12-18(23-22-15)17-8-5-6-9-19(17)27-16-10-11-20-24-25-21(14(2)3)26(20)13-16/h5-6,8-11,13-15,18H,4,7,12H2,1-3H3. The summed E-state index contributed by atoms with van der Waals surface area (Å²) >= 11 is 1.78. The fraction of sp³-hybridized carbons (Fsp3) is 0.429. The van der Waals surface area contributed by atoms with Gasteiger partial charge in [-0.2, -0.15) is 10.2 Å². The largest absolute Gasteiger partial charge is 0.285 e. The molecule has 2 unspecified atom stereocenters. The number of fused-ring (bicyclic) bond motifs is 1.